The first-order valence-electron chi connectivity index (χ1n) is 6.85. The van der Waals surface area contributed by atoms with E-state index in [2.05, 4.69) is 46.9 Å². The van der Waals surface area contributed by atoms with Crippen LogP contribution >= 0.6 is 15.9 Å². The monoisotopic (exact) mass is 328 g/mol. The van der Waals surface area contributed by atoms with Crippen LogP contribution in [0.1, 0.15) is 26.3 Å². The first-order chi connectivity index (χ1) is 8.90. The maximum Gasteiger partial charge on any atom is 0.139 e. The molecule has 0 amide bonds. The van der Waals surface area contributed by atoms with E-state index in [9.17, 15) is 4.39 Å². The highest BCUT2D eigenvalue weighted by atomic mass is 79.9. The van der Waals surface area contributed by atoms with Crippen LogP contribution in [0.5, 0.6) is 0 Å². The van der Waals surface area contributed by atoms with Gasteiger partial charge >= 0.3 is 0 Å². The first kappa shape index (κ1) is 14.8. The zero-order valence-electron chi connectivity index (χ0n) is 12.0. The van der Waals surface area contributed by atoms with Gasteiger partial charge in [0, 0.05) is 30.9 Å². The van der Waals surface area contributed by atoms with Gasteiger partial charge in [0.15, 0.2) is 0 Å². The van der Waals surface area contributed by atoms with Crippen LogP contribution in [0.4, 0.5) is 10.1 Å². The van der Waals surface area contributed by atoms with Crippen molar-refractivity contribution in [2.24, 2.45) is 5.92 Å². The Bertz CT molecular complexity index is 462. The van der Waals surface area contributed by atoms with Crippen molar-refractivity contribution >= 4 is 21.6 Å². The number of nitrogens with one attached hydrogen (secondary N) is 1. The van der Waals surface area contributed by atoms with Gasteiger partial charge in [-0.1, -0.05) is 13.8 Å². The van der Waals surface area contributed by atoms with E-state index in [0.29, 0.717) is 22.5 Å². The molecule has 0 aliphatic carbocycles. The summed E-state index contributed by atoms with van der Waals surface area (Å²) >= 11 is 3.25. The van der Waals surface area contributed by atoms with Crippen molar-refractivity contribution in [2.45, 2.75) is 39.8 Å². The minimum absolute atomic E-state index is 0.186. The Morgan fingerprint density at radius 3 is 2.74 bits per heavy atom. The average molecular weight is 329 g/mol. The Hall–Kier alpha value is -0.610. The van der Waals surface area contributed by atoms with Gasteiger partial charge < -0.3 is 10.2 Å². The summed E-state index contributed by atoms with van der Waals surface area (Å²) in [5.74, 6) is 0.348. The van der Waals surface area contributed by atoms with E-state index < -0.39 is 0 Å². The normalized spacial score (nSPS) is 24.1. The smallest absolute Gasteiger partial charge is 0.139 e. The highest BCUT2D eigenvalue weighted by molar-refractivity contribution is 9.10. The molecule has 19 heavy (non-hydrogen) atoms. The van der Waals surface area contributed by atoms with Crippen LogP contribution < -0.4 is 10.2 Å². The molecule has 2 nitrogen and oxygen atoms in total. The lowest BCUT2D eigenvalue weighted by molar-refractivity contribution is 0.348. The lowest BCUT2D eigenvalue weighted by Crippen LogP contribution is -2.57. The molecule has 0 aromatic heterocycles. The number of anilines is 1. The summed E-state index contributed by atoms with van der Waals surface area (Å²) in [4.78, 5) is 2.36. The fraction of sp³-hybridized carbons (Fsp3) is 0.600. The van der Waals surface area contributed by atoms with Crippen LogP contribution in [0.25, 0.3) is 0 Å². The predicted molar refractivity (Wildman–Crippen MR) is 82.3 cm³/mol. The van der Waals surface area contributed by atoms with Crippen LogP contribution in [0.2, 0.25) is 0 Å². The molecule has 106 valence electrons. The molecule has 4 heteroatoms. The Kier molecular flexibility index (Phi) is 4.51. The van der Waals surface area contributed by atoms with Gasteiger partial charge in [-0.25, -0.2) is 4.39 Å². The Balaban J connectivity index is 2.38. The summed E-state index contributed by atoms with van der Waals surface area (Å²) in [6.07, 6.45) is 0. The van der Waals surface area contributed by atoms with Crippen LogP contribution in [-0.2, 0) is 0 Å². The van der Waals surface area contributed by atoms with E-state index in [4.69, 9.17) is 0 Å². The van der Waals surface area contributed by atoms with Crippen molar-refractivity contribution in [1.29, 1.82) is 0 Å². The van der Waals surface area contributed by atoms with E-state index in [-0.39, 0.29) is 5.82 Å². The number of benzene rings is 1. The number of halogens is 2. The molecule has 2 unspecified atom stereocenters. The van der Waals surface area contributed by atoms with Gasteiger partial charge in [0.25, 0.3) is 0 Å². The van der Waals surface area contributed by atoms with E-state index >= 15 is 0 Å². The van der Waals surface area contributed by atoms with Gasteiger partial charge in [-0.15, -0.1) is 0 Å². The van der Waals surface area contributed by atoms with Crippen LogP contribution in [0, 0.1) is 18.7 Å². The zero-order valence-corrected chi connectivity index (χ0v) is 13.6. The van der Waals surface area contributed by atoms with Crippen molar-refractivity contribution < 1.29 is 4.39 Å². The molecule has 0 saturated carbocycles. The molecule has 0 radical (unpaired) electrons. The van der Waals surface area contributed by atoms with Gasteiger partial charge in [-0.3, -0.25) is 0 Å². The van der Waals surface area contributed by atoms with Crippen molar-refractivity contribution in [2.75, 3.05) is 18.0 Å². The maximum absolute atomic E-state index is 13.9. The maximum atomic E-state index is 13.9. The molecule has 1 aliphatic rings. The number of piperazine rings is 1. The summed E-state index contributed by atoms with van der Waals surface area (Å²) in [6, 6.07) is 4.37. The minimum Gasteiger partial charge on any atom is -0.365 e. The highest BCUT2D eigenvalue weighted by Crippen LogP contribution is 2.30. The standard InChI is InChI=1S/C15H22BrFN2/c1-9(2)15-7-18-11(4)8-19(15)14-6-13(17)12(16)5-10(14)3/h5-6,9,11,15,18H,7-8H2,1-4H3. The second kappa shape index (κ2) is 5.80. The Morgan fingerprint density at radius 2 is 2.11 bits per heavy atom. The average Bonchev–Trinajstić information content (AvgIpc) is 2.33. The highest BCUT2D eigenvalue weighted by Gasteiger charge is 2.29. The Morgan fingerprint density at radius 1 is 1.42 bits per heavy atom. The van der Waals surface area contributed by atoms with Crippen LogP contribution in [0.15, 0.2) is 16.6 Å². The fourth-order valence-corrected chi connectivity index (χ4v) is 3.20. The molecule has 1 N–H and O–H groups in total. The second-order valence-electron chi connectivity index (χ2n) is 5.83. The summed E-state index contributed by atoms with van der Waals surface area (Å²) in [7, 11) is 0. The van der Waals surface area contributed by atoms with Gasteiger partial charge in [0.1, 0.15) is 5.82 Å². The van der Waals surface area contributed by atoms with Crippen molar-refractivity contribution in [1.82, 2.24) is 5.32 Å². The van der Waals surface area contributed by atoms with E-state index in [1.165, 1.54) is 0 Å². The molecule has 1 fully saturated rings. The van der Waals surface area contributed by atoms with E-state index in [1.807, 2.05) is 13.0 Å². The first-order valence-corrected chi connectivity index (χ1v) is 7.65. The molecule has 0 spiro atoms. The van der Waals surface area contributed by atoms with Gasteiger partial charge in [0.2, 0.25) is 0 Å². The third-order valence-corrected chi connectivity index (χ3v) is 4.47. The van der Waals surface area contributed by atoms with E-state index in [1.54, 1.807) is 6.07 Å². The third-order valence-electron chi connectivity index (χ3n) is 3.86. The van der Waals surface area contributed by atoms with Crippen molar-refractivity contribution in [3.63, 3.8) is 0 Å². The molecular weight excluding hydrogens is 307 g/mol. The SMILES string of the molecule is Cc1cc(Br)c(F)cc1N1CC(C)NCC1C(C)C. The summed E-state index contributed by atoms with van der Waals surface area (Å²) < 4.78 is 14.4. The number of rotatable bonds is 2. The van der Waals surface area contributed by atoms with Gasteiger partial charge in [-0.05, 0) is 53.4 Å². The van der Waals surface area contributed by atoms with Crippen molar-refractivity contribution in [3.05, 3.63) is 28.0 Å². The molecule has 2 atom stereocenters. The minimum atomic E-state index is -0.186. The number of nitrogens with zero attached hydrogens (tertiary/aromatic N) is 1. The topological polar surface area (TPSA) is 15.3 Å². The summed E-state index contributed by atoms with van der Waals surface area (Å²) in [6.45, 7) is 10.5. The van der Waals surface area contributed by atoms with Crippen LogP contribution in [-0.4, -0.2) is 25.2 Å². The number of aryl methyl sites for hydroxylation is 1. The predicted octanol–water partition coefficient (Wildman–Crippen LogP) is 3.72. The summed E-state index contributed by atoms with van der Waals surface area (Å²) in [5.41, 5.74) is 2.14. The largest absolute Gasteiger partial charge is 0.365 e. The molecule has 1 heterocycles. The number of hydrogen-bond acceptors (Lipinski definition) is 2. The third kappa shape index (κ3) is 3.11. The van der Waals surface area contributed by atoms with Crippen LogP contribution in [0.3, 0.4) is 0 Å². The molecule has 1 aromatic rings. The zero-order chi connectivity index (χ0) is 14.2. The quantitative estimate of drug-likeness (QED) is 0.890. The Labute approximate surface area is 123 Å². The van der Waals surface area contributed by atoms with E-state index in [0.717, 1.165) is 24.3 Å². The second-order valence-corrected chi connectivity index (χ2v) is 6.68. The molecule has 1 aromatic carbocycles. The number of hydrogen-bond donors (Lipinski definition) is 1. The molecule has 1 saturated heterocycles. The lowest BCUT2D eigenvalue weighted by Gasteiger charge is -2.43. The van der Waals surface area contributed by atoms with Crippen molar-refractivity contribution in [3.8, 4) is 0 Å². The molecule has 0 bridgehead atoms. The van der Waals surface area contributed by atoms with Gasteiger partial charge in [0.05, 0.1) is 4.47 Å². The summed E-state index contributed by atoms with van der Waals surface area (Å²) in [5, 5.41) is 3.51. The molecule has 1 aliphatic heterocycles. The fourth-order valence-electron chi connectivity index (χ4n) is 2.74. The molecular formula is C15H22BrFN2. The molecule has 2 rings (SSSR count). The lowest BCUT2D eigenvalue weighted by atomic mass is 9.97. The van der Waals surface area contributed by atoms with Gasteiger partial charge in [-0.2, -0.15) is 0 Å².